The predicted octanol–water partition coefficient (Wildman–Crippen LogP) is 1.53. The molecule has 0 saturated carbocycles. The zero-order chi connectivity index (χ0) is 12.0. The van der Waals surface area contributed by atoms with Crippen molar-refractivity contribution in [3.63, 3.8) is 0 Å². The molecule has 0 heterocycles. The fraction of sp³-hybridized carbons (Fsp3) is 0.462. The van der Waals surface area contributed by atoms with Gasteiger partial charge in [-0.15, -0.1) is 0 Å². The van der Waals surface area contributed by atoms with Gasteiger partial charge in [-0.2, -0.15) is 0 Å². The SMILES string of the molecule is CNC(=O)CCNCc1ccc(C)c(C)c1. The van der Waals surface area contributed by atoms with Gasteiger partial charge in [-0.1, -0.05) is 18.2 Å². The number of aryl methyl sites for hydroxylation is 2. The molecule has 0 fully saturated rings. The van der Waals surface area contributed by atoms with Crippen molar-refractivity contribution in [3.05, 3.63) is 34.9 Å². The lowest BCUT2D eigenvalue weighted by atomic mass is 10.1. The summed E-state index contributed by atoms with van der Waals surface area (Å²) in [6.07, 6.45) is 0.529. The van der Waals surface area contributed by atoms with Crippen LogP contribution in [0.4, 0.5) is 0 Å². The lowest BCUT2D eigenvalue weighted by Crippen LogP contribution is -2.24. The highest BCUT2D eigenvalue weighted by atomic mass is 16.1. The van der Waals surface area contributed by atoms with Gasteiger partial charge < -0.3 is 10.6 Å². The lowest BCUT2D eigenvalue weighted by molar-refractivity contribution is -0.120. The third-order valence-electron chi connectivity index (χ3n) is 2.71. The first-order valence-electron chi connectivity index (χ1n) is 5.61. The molecule has 0 bridgehead atoms. The fourth-order valence-electron chi connectivity index (χ4n) is 1.47. The van der Waals surface area contributed by atoms with Gasteiger partial charge >= 0.3 is 0 Å². The number of hydrogen-bond acceptors (Lipinski definition) is 2. The van der Waals surface area contributed by atoms with E-state index in [0.717, 1.165) is 6.54 Å². The summed E-state index contributed by atoms with van der Waals surface area (Å²) in [5.74, 6) is 0.0765. The van der Waals surface area contributed by atoms with E-state index in [1.165, 1.54) is 16.7 Å². The zero-order valence-corrected chi connectivity index (χ0v) is 10.3. The van der Waals surface area contributed by atoms with Crippen LogP contribution in [-0.2, 0) is 11.3 Å². The maximum Gasteiger partial charge on any atom is 0.221 e. The molecule has 0 aromatic heterocycles. The van der Waals surface area contributed by atoms with Crippen molar-refractivity contribution < 1.29 is 4.79 Å². The third-order valence-corrected chi connectivity index (χ3v) is 2.71. The van der Waals surface area contributed by atoms with Crippen molar-refractivity contribution in [1.82, 2.24) is 10.6 Å². The number of amides is 1. The van der Waals surface area contributed by atoms with Gasteiger partial charge in [0, 0.05) is 26.6 Å². The molecule has 0 spiro atoms. The average molecular weight is 220 g/mol. The standard InChI is InChI=1S/C13H20N2O/c1-10-4-5-12(8-11(10)2)9-15-7-6-13(16)14-3/h4-5,8,15H,6-7,9H2,1-3H3,(H,14,16). The molecule has 0 saturated heterocycles. The summed E-state index contributed by atoms with van der Waals surface area (Å²) in [6.45, 7) is 5.76. The summed E-state index contributed by atoms with van der Waals surface area (Å²) in [5, 5.41) is 5.85. The Morgan fingerprint density at radius 3 is 2.62 bits per heavy atom. The van der Waals surface area contributed by atoms with Crippen molar-refractivity contribution in [2.75, 3.05) is 13.6 Å². The molecular formula is C13H20N2O. The number of carbonyl (C=O) groups is 1. The Morgan fingerprint density at radius 1 is 1.25 bits per heavy atom. The van der Waals surface area contributed by atoms with Crippen LogP contribution in [0, 0.1) is 13.8 Å². The van der Waals surface area contributed by atoms with Gasteiger partial charge in [0.05, 0.1) is 0 Å². The Balaban J connectivity index is 2.32. The Labute approximate surface area is 97.2 Å². The Hall–Kier alpha value is -1.35. The summed E-state index contributed by atoms with van der Waals surface area (Å²) >= 11 is 0. The Morgan fingerprint density at radius 2 is 2.00 bits per heavy atom. The van der Waals surface area contributed by atoms with E-state index < -0.39 is 0 Å². The first-order chi connectivity index (χ1) is 7.63. The Bertz CT molecular complexity index is 361. The van der Waals surface area contributed by atoms with E-state index >= 15 is 0 Å². The molecule has 1 aromatic rings. The van der Waals surface area contributed by atoms with Crippen molar-refractivity contribution in [2.45, 2.75) is 26.8 Å². The van der Waals surface area contributed by atoms with E-state index in [9.17, 15) is 4.79 Å². The topological polar surface area (TPSA) is 41.1 Å². The maximum absolute atomic E-state index is 11.0. The first-order valence-corrected chi connectivity index (χ1v) is 5.61. The molecule has 1 rings (SSSR count). The number of hydrogen-bond donors (Lipinski definition) is 2. The second kappa shape index (κ2) is 6.28. The van der Waals surface area contributed by atoms with Crippen LogP contribution in [0.15, 0.2) is 18.2 Å². The minimum Gasteiger partial charge on any atom is -0.359 e. The van der Waals surface area contributed by atoms with Gasteiger partial charge in [0.25, 0.3) is 0 Å². The minimum absolute atomic E-state index is 0.0765. The van der Waals surface area contributed by atoms with Gasteiger partial charge in [0.2, 0.25) is 5.91 Å². The molecule has 0 radical (unpaired) electrons. The number of benzene rings is 1. The second-order valence-electron chi connectivity index (χ2n) is 4.02. The van der Waals surface area contributed by atoms with Crippen LogP contribution in [0.2, 0.25) is 0 Å². The third kappa shape index (κ3) is 4.03. The molecule has 88 valence electrons. The molecule has 3 heteroatoms. The lowest BCUT2D eigenvalue weighted by Gasteiger charge is -2.06. The van der Waals surface area contributed by atoms with Gasteiger partial charge in [0.1, 0.15) is 0 Å². The minimum atomic E-state index is 0.0765. The molecule has 0 aliphatic rings. The number of carbonyl (C=O) groups excluding carboxylic acids is 1. The summed E-state index contributed by atoms with van der Waals surface area (Å²) in [5.41, 5.74) is 3.89. The monoisotopic (exact) mass is 220 g/mol. The largest absolute Gasteiger partial charge is 0.359 e. The van der Waals surface area contributed by atoms with Crippen molar-refractivity contribution in [2.24, 2.45) is 0 Å². The average Bonchev–Trinajstić information content (AvgIpc) is 2.28. The van der Waals surface area contributed by atoms with Crippen LogP contribution in [0.5, 0.6) is 0 Å². The normalized spacial score (nSPS) is 10.2. The quantitative estimate of drug-likeness (QED) is 0.739. The molecule has 1 amide bonds. The molecule has 0 aliphatic heterocycles. The van der Waals surface area contributed by atoms with Gasteiger partial charge in [-0.25, -0.2) is 0 Å². The molecule has 0 atom stereocenters. The fourth-order valence-corrected chi connectivity index (χ4v) is 1.47. The van der Waals surface area contributed by atoms with Crippen molar-refractivity contribution in [1.29, 1.82) is 0 Å². The van der Waals surface area contributed by atoms with E-state index in [-0.39, 0.29) is 5.91 Å². The molecule has 3 nitrogen and oxygen atoms in total. The molecule has 2 N–H and O–H groups in total. The molecular weight excluding hydrogens is 200 g/mol. The molecule has 1 aromatic carbocycles. The summed E-state index contributed by atoms with van der Waals surface area (Å²) < 4.78 is 0. The maximum atomic E-state index is 11.0. The Kier molecular flexibility index (Phi) is 4.99. The summed E-state index contributed by atoms with van der Waals surface area (Å²) in [4.78, 5) is 11.0. The molecule has 0 aliphatic carbocycles. The second-order valence-corrected chi connectivity index (χ2v) is 4.02. The van der Waals surface area contributed by atoms with Gasteiger partial charge in [-0.05, 0) is 30.5 Å². The molecule has 16 heavy (non-hydrogen) atoms. The van der Waals surface area contributed by atoms with Crippen LogP contribution >= 0.6 is 0 Å². The van der Waals surface area contributed by atoms with Gasteiger partial charge in [-0.3, -0.25) is 4.79 Å². The van der Waals surface area contributed by atoms with E-state index in [1.807, 2.05) is 0 Å². The van der Waals surface area contributed by atoms with Crippen LogP contribution < -0.4 is 10.6 Å². The van der Waals surface area contributed by atoms with E-state index in [1.54, 1.807) is 7.05 Å². The summed E-state index contributed by atoms with van der Waals surface area (Å²) in [6, 6.07) is 6.43. The highest BCUT2D eigenvalue weighted by Crippen LogP contribution is 2.09. The number of nitrogens with one attached hydrogen (secondary N) is 2. The van der Waals surface area contributed by atoms with Crippen LogP contribution in [0.25, 0.3) is 0 Å². The van der Waals surface area contributed by atoms with E-state index in [4.69, 9.17) is 0 Å². The first kappa shape index (κ1) is 12.7. The van der Waals surface area contributed by atoms with Gasteiger partial charge in [0.15, 0.2) is 0 Å². The molecule has 0 unspecified atom stereocenters. The predicted molar refractivity (Wildman–Crippen MR) is 66.3 cm³/mol. The summed E-state index contributed by atoms with van der Waals surface area (Å²) in [7, 11) is 1.66. The van der Waals surface area contributed by atoms with Crippen molar-refractivity contribution in [3.8, 4) is 0 Å². The van der Waals surface area contributed by atoms with E-state index in [0.29, 0.717) is 13.0 Å². The highest BCUT2D eigenvalue weighted by molar-refractivity contribution is 5.75. The smallest absolute Gasteiger partial charge is 0.221 e. The van der Waals surface area contributed by atoms with Crippen LogP contribution in [0.3, 0.4) is 0 Å². The zero-order valence-electron chi connectivity index (χ0n) is 10.3. The number of rotatable bonds is 5. The highest BCUT2D eigenvalue weighted by Gasteiger charge is 1.98. The van der Waals surface area contributed by atoms with Crippen molar-refractivity contribution >= 4 is 5.91 Å². The van der Waals surface area contributed by atoms with Crippen LogP contribution in [0.1, 0.15) is 23.1 Å². The van der Waals surface area contributed by atoms with Crippen LogP contribution in [-0.4, -0.2) is 19.5 Å². The van der Waals surface area contributed by atoms with E-state index in [2.05, 4.69) is 42.7 Å².